The Hall–Kier alpha value is -1.55. The summed E-state index contributed by atoms with van der Waals surface area (Å²) in [6.07, 6.45) is 4.23. The van der Waals surface area contributed by atoms with Gasteiger partial charge in [0.1, 0.15) is 5.75 Å². The fourth-order valence-electron chi connectivity index (χ4n) is 3.61. The Labute approximate surface area is 138 Å². The SMILES string of the molecule is COc1ccccc1CC1(O)CCN(C(=O)C(C)C2CC2)CC1. The topological polar surface area (TPSA) is 49.8 Å². The van der Waals surface area contributed by atoms with Crippen LogP contribution in [0.3, 0.4) is 0 Å². The molecule has 4 heteroatoms. The van der Waals surface area contributed by atoms with Crippen LogP contribution < -0.4 is 4.74 Å². The number of para-hydroxylation sites is 1. The van der Waals surface area contributed by atoms with Crippen molar-refractivity contribution in [2.75, 3.05) is 20.2 Å². The molecule has 1 aromatic rings. The predicted octanol–water partition coefficient (Wildman–Crippen LogP) is 2.64. The molecule has 1 amide bonds. The molecular formula is C19H27NO3. The lowest BCUT2D eigenvalue weighted by Crippen LogP contribution is -2.49. The summed E-state index contributed by atoms with van der Waals surface area (Å²) in [6.45, 7) is 3.36. The lowest BCUT2D eigenvalue weighted by molar-refractivity contribution is -0.139. The van der Waals surface area contributed by atoms with Gasteiger partial charge in [0.25, 0.3) is 0 Å². The first-order valence-corrected chi connectivity index (χ1v) is 8.65. The van der Waals surface area contributed by atoms with Gasteiger partial charge in [-0.25, -0.2) is 0 Å². The van der Waals surface area contributed by atoms with E-state index in [1.807, 2.05) is 29.2 Å². The van der Waals surface area contributed by atoms with Crippen LogP contribution in [0.25, 0.3) is 0 Å². The Morgan fingerprint density at radius 1 is 1.35 bits per heavy atom. The van der Waals surface area contributed by atoms with Crippen molar-refractivity contribution >= 4 is 5.91 Å². The maximum atomic E-state index is 12.5. The molecule has 1 unspecified atom stereocenters. The van der Waals surface area contributed by atoms with Gasteiger partial charge >= 0.3 is 0 Å². The van der Waals surface area contributed by atoms with Crippen molar-refractivity contribution in [2.24, 2.45) is 11.8 Å². The van der Waals surface area contributed by atoms with Crippen LogP contribution in [0.15, 0.2) is 24.3 Å². The van der Waals surface area contributed by atoms with Gasteiger partial charge in [0.2, 0.25) is 5.91 Å². The molecule has 1 aliphatic heterocycles. The van der Waals surface area contributed by atoms with Crippen molar-refractivity contribution in [3.05, 3.63) is 29.8 Å². The molecule has 1 atom stereocenters. The number of methoxy groups -OCH3 is 1. The zero-order valence-electron chi connectivity index (χ0n) is 14.1. The third-order valence-electron chi connectivity index (χ3n) is 5.44. The molecule has 1 N–H and O–H groups in total. The summed E-state index contributed by atoms with van der Waals surface area (Å²) in [5, 5.41) is 10.9. The third-order valence-corrected chi connectivity index (χ3v) is 5.44. The average Bonchev–Trinajstić information content (AvgIpc) is 3.39. The highest BCUT2D eigenvalue weighted by atomic mass is 16.5. The number of hydrogen-bond acceptors (Lipinski definition) is 3. The number of rotatable bonds is 5. The minimum atomic E-state index is -0.742. The number of piperidine rings is 1. The van der Waals surface area contributed by atoms with Gasteiger partial charge in [-0.3, -0.25) is 4.79 Å². The third kappa shape index (κ3) is 3.69. The molecule has 0 bridgehead atoms. The van der Waals surface area contributed by atoms with E-state index in [2.05, 4.69) is 6.92 Å². The number of nitrogens with zero attached hydrogens (tertiary/aromatic N) is 1. The maximum absolute atomic E-state index is 12.5. The van der Waals surface area contributed by atoms with Crippen LogP contribution in [0.2, 0.25) is 0 Å². The first-order chi connectivity index (χ1) is 11.0. The van der Waals surface area contributed by atoms with Gasteiger partial charge < -0.3 is 14.7 Å². The molecule has 23 heavy (non-hydrogen) atoms. The number of benzene rings is 1. The molecule has 0 aromatic heterocycles. The smallest absolute Gasteiger partial charge is 0.225 e. The standard InChI is InChI=1S/C19H27NO3/c1-14(15-7-8-15)18(21)20-11-9-19(22,10-12-20)13-16-5-3-4-6-17(16)23-2/h3-6,14-15,22H,7-13H2,1-2H3. The van der Waals surface area contributed by atoms with Crippen LogP contribution >= 0.6 is 0 Å². The predicted molar refractivity (Wildman–Crippen MR) is 89.3 cm³/mol. The molecule has 2 fully saturated rings. The second-order valence-electron chi connectivity index (χ2n) is 7.16. The van der Waals surface area contributed by atoms with Gasteiger partial charge in [0, 0.05) is 25.4 Å². The Morgan fingerprint density at radius 3 is 2.61 bits per heavy atom. The number of carbonyl (C=O) groups is 1. The number of amides is 1. The number of carbonyl (C=O) groups excluding carboxylic acids is 1. The highest BCUT2D eigenvalue weighted by molar-refractivity contribution is 5.79. The fraction of sp³-hybridized carbons (Fsp3) is 0.632. The minimum Gasteiger partial charge on any atom is -0.496 e. The van der Waals surface area contributed by atoms with Crippen LogP contribution in [0.5, 0.6) is 5.75 Å². The summed E-state index contributed by atoms with van der Waals surface area (Å²) < 4.78 is 5.38. The second kappa shape index (κ2) is 6.52. The largest absolute Gasteiger partial charge is 0.496 e. The van der Waals surface area contributed by atoms with Gasteiger partial charge in [0.05, 0.1) is 12.7 Å². The lowest BCUT2D eigenvalue weighted by Gasteiger charge is -2.39. The van der Waals surface area contributed by atoms with Gasteiger partial charge in [-0.15, -0.1) is 0 Å². The number of hydrogen-bond donors (Lipinski definition) is 1. The molecule has 2 aliphatic rings. The van der Waals surface area contributed by atoms with Crippen molar-refractivity contribution in [2.45, 2.75) is 44.6 Å². The van der Waals surface area contributed by atoms with Crippen LogP contribution in [-0.2, 0) is 11.2 Å². The summed E-state index contributed by atoms with van der Waals surface area (Å²) in [5.74, 6) is 1.83. The van der Waals surface area contributed by atoms with Crippen molar-refractivity contribution < 1.29 is 14.6 Å². The van der Waals surface area contributed by atoms with E-state index in [0.29, 0.717) is 38.3 Å². The first kappa shape index (κ1) is 16.3. The molecule has 1 saturated heterocycles. The van der Waals surface area contributed by atoms with Crippen molar-refractivity contribution in [1.82, 2.24) is 4.90 Å². The molecule has 4 nitrogen and oxygen atoms in total. The van der Waals surface area contributed by atoms with E-state index < -0.39 is 5.60 Å². The van der Waals surface area contributed by atoms with Gasteiger partial charge in [-0.05, 0) is 43.2 Å². The van der Waals surface area contributed by atoms with Crippen molar-refractivity contribution in [3.8, 4) is 5.75 Å². The highest BCUT2D eigenvalue weighted by Crippen LogP contribution is 2.38. The first-order valence-electron chi connectivity index (χ1n) is 8.65. The molecule has 1 aliphatic carbocycles. The average molecular weight is 317 g/mol. The Balaban J connectivity index is 1.59. The highest BCUT2D eigenvalue weighted by Gasteiger charge is 2.39. The van der Waals surface area contributed by atoms with Crippen LogP contribution in [0.4, 0.5) is 0 Å². The summed E-state index contributed by atoms with van der Waals surface area (Å²) in [6, 6.07) is 7.84. The van der Waals surface area contributed by atoms with E-state index in [-0.39, 0.29) is 11.8 Å². The fourth-order valence-corrected chi connectivity index (χ4v) is 3.61. The Morgan fingerprint density at radius 2 is 2.00 bits per heavy atom. The van der Waals surface area contributed by atoms with E-state index in [9.17, 15) is 9.90 Å². The molecule has 1 aromatic carbocycles. The quantitative estimate of drug-likeness (QED) is 0.908. The van der Waals surface area contributed by atoms with E-state index in [4.69, 9.17) is 4.74 Å². The molecule has 126 valence electrons. The van der Waals surface area contributed by atoms with Gasteiger partial charge in [-0.2, -0.15) is 0 Å². The van der Waals surface area contributed by atoms with E-state index in [1.54, 1.807) is 7.11 Å². The van der Waals surface area contributed by atoms with Crippen LogP contribution in [-0.4, -0.2) is 41.7 Å². The molecule has 3 rings (SSSR count). The Bertz CT molecular complexity index is 559. The van der Waals surface area contributed by atoms with E-state index in [1.165, 1.54) is 12.8 Å². The number of likely N-dealkylation sites (tertiary alicyclic amines) is 1. The van der Waals surface area contributed by atoms with E-state index >= 15 is 0 Å². The molecule has 0 radical (unpaired) electrons. The normalized spacial score (nSPS) is 21.8. The summed E-state index contributed by atoms with van der Waals surface area (Å²) in [7, 11) is 1.66. The van der Waals surface area contributed by atoms with Crippen molar-refractivity contribution in [3.63, 3.8) is 0 Å². The molecule has 1 saturated carbocycles. The summed E-state index contributed by atoms with van der Waals surface area (Å²) in [4.78, 5) is 14.4. The molecular weight excluding hydrogens is 290 g/mol. The zero-order valence-corrected chi connectivity index (χ0v) is 14.1. The molecule has 0 spiro atoms. The van der Waals surface area contributed by atoms with Crippen molar-refractivity contribution in [1.29, 1.82) is 0 Å². The zero-order chi connectivity index (χ0) is 16.4. The van der Waals surface area contributed by atoms with Gasteiger partial charge in [-0.1, -0.05) is 25.1 Å². The van der Waals surface area contributed by atoms with Crippen LogP contribution in [0, 0.1) is 11.8 Å². The van der Waals surface area contributed by atoms with Gasteiger partial charge in [0.15, 0.2) is 0 Å². The number of ether oxygens (including phenoxy) is 1. The lowest BCUT2D eigenvalue weighted by atomic mass is 9.84. The maximum Gasteiger partial charge on any atom is 0.225 e. The molecule has 1 heterocycles. The summed E-state index contributed by atoms with van der Waals surface area (Å²) in [5.41, 5.74) is 0.289. The summed E-state index contributed by atoms with van der Waals surface area (Å²) >= 11 is 0. The van der Waals surface area contributed by atoms with Crippen LogP contribution in [0.1, 0.15) is 38.2 Å². The Kier molecular flexibility index (Phi) is 4.62. The minimum absolute atomic E-state index is 0.149. The van der Waals surface area contributed by atoms with E-state index in [0.717, 1.165) is 11.3 Å². The monoisotopic (exact) mass is 317 g/mol. The number of aliphatic hydroxyl groups is 1. The second-order valence-corrected chi connectivity index (χ2v) is 7.16.